The van der Waals surface area contributed by atoms with Gasteiger partial charge in [0.25, 0.3) is 0 Å². The van der Waals surface area contributed by atoms with E-state index < -0.39 is 11.8 Å². The minimum atomic E-state index is -0.879. The molecule has 0 saturated heterocycles. The van der Waals surface area contributed by atoms with Crippen LogP contribution >= 0.6 is 0 Å². The van der Waals surface area contributed by atoms with Crippen LogP contribution in [0.4, 0.5) is 0 Å². The van der Waals surface area contributed by atoms with Crippen molar-refractivity contribution < 1.29 is 14.4 Å². The lowest BCUT2D eigenvalue weighted by atomic mass is 10.3. The number of hydrogen-bond donors (Lipinski definition) is 3. The van der Waals surface area contributed by atoms with E-state index in [9.17, 15) is 14.4 Å². The van der Waals surface area contributed by atoms with E-state index >= 15 is 0 Å². The maximum atomic E-state index is 11.2. The van der Waals surface area contributed by atoms with Gasteiger partial charge in [-0.15, -0.1) is 0 Å². The molecule has 0 fully saturated rings. The number of hydrogen-bond acceptors (Lipinski definition) is 4. The molecule has 94 valence electrons. The zero-order valence-electron chi connectivity index (χ0n) is 9.87. The monoisotopic (exact) mass is 240 g/mol. The number of carbonyl (C=O) groups is 3. The van der Waals surface area contributed by atoms with Crippen LogP contribution in [0.5, 0.6) is 0 Å². The third-order valence-electron chi connectivity index (χ3n) is 1.62. The number of nitrogens with zero attached hydrogens (tertiary/aromatic N) is 1. The smallest absolute Gasteiger partial charge is 0.310 e. The molecule has 0 aromatic carbocycles. The summed E-state index contributed by atoms with van der Waals surface area (Å²) in [4.78, 5) is 33.2. The van der Waals surface area contributed by atoms with Gasteiger partial charge < -0.3 is 16.0 Å². The molecule has 0 spiro atoms. The summed E-state index contributed by atoms with van der Waals surface area (Å²) in [5, 5.41) is 15.2. The fraction of sp³-hybridized carbons (Fsp3) is 0.600. The number of carbonyl (C=O) groups excluding carboxylic acids is 3. The first-order valence-electron chi connectivity index (χ1n) is 5.19. The average molecular weight is 240 g/mol. The zero-order chi connectivity index (χ0) is 13.3. The van der Waals surface area contributed by atoms with Crippen molar-refractivity contribution >= 4 is 17.7 Å². The van der Waals surface area contributed by atoms with Crippen LogP contribution in [0.15, 0.2) is 0 Å². The Morgan fingerprint density at radius 1 is 1.18 bits per heavy atom. The van der Waals surface area contributed by atoms with Gasteiger partial charge in [0.1, 0.15) is 6.54 Å². The molecular formula is C10H16N4O3. The van der Waals surface area contributed by atoms with Crippen molar-refractivity contribution in [2.45, 2.75) is 26.3 Å². The van der Waals surface area contributed by atoms with Crippen LogP contribution < -0.4 is 16.0 Å². The Morgan fingerprint density at radius 2 is 1.76 bits per heavy atom. The van der Waals surface area contributed by atoms with Gasteiger partial charge in [-0.2, -0.15) is 5.26 Å². The Balaban J connectivity index is 3.75. The molecular weight excluding hydrogens is 224 g/mol. The van der Waals surface area contributed by atoms with Crippen LogP contribution in [-0.4, -0.2) is 36.9 Å². The molecule has 0 unspecified atom stereocenters. The van der Waals surface area contributed by atoms with Crippen molar-refractivity contribution in [2.24, 2.45) is 0 Å². The van der Waals surface area contributed by atoms with Gasteiger partial charge in [0, 0.05) is 19.0 Å². The van der Waals surface area contributed by atoms with Gasteiger partial charge in [-0.05, 0) is 13.8 Å². The van der Waals surface area contributed by atoms with E-state index in [2.05, 4.69) is 16.0 Å². The summed E-state index contributed by atoms with van der Waals surface area (Å²) in [5.74, 6) is -1.92. The summed E-state index contributed by atoms with van der Waals surface area (Å²) >= 11 is 0. The number of rotatable bonds is 5. The SMILES string of the molecule is CC(C)NC(=O)CCNC(=O)C(=O)NCC#N. The molecule has 0 aliphatic rings. The highest BCUT2D eigenvalue weighted by Gasteiger charge is 2.12. The standard InChI is InChI=1S/C10H16N4O3/c1-7(2)14-8(15)3-5-12-9(16)10(17)13-6-4-11/h7H,3,5-6H2,1-2H3,(H,12,16)(H,13,17)(H,14,15). The highest BCUT2D eigenvalue weighted by molar-refractivity contribution is 6.35. The number of nitrogens with one attached hydrogen (secondary N) is 3. The van der Waals surface area contributed by atoms with Gasteiger partial charge in [-0.25, -0.2) is 0 Å². The van der Waals surface area contributed by atoms with Crippen LogP contribution in [0.25, 0.3) is 0 Å². The van der Waals surface area contributed by atoms with Crippen molar-refractivity contribution in [1.82, 2.24) is 16.0 Å². The van der Waals surface area contributed by atoms with Gasteiger partial charge in [-0.1, -0.05) is 0 Å². The topological polar surface area (TPSA) is 111 Å². The molecule has 3 N–H and O–H groups in total. The quantitative estimate of drug-likeness (QED) is 0.408. The molecule has 0 aliphatic carbocycles. The van der Waals surface area contributed by atoms with E-state index in [-0.39, 0.29) is 31.5 Å². The molecule has 0 rings (SSSR count). The summed E-state index contributed by atoms with van der Waals surface area (Å²) in [5.41, 5.74) is 0. The first kappa shape index (κ1) is 14.9. The molecule has 0 aromatic heterocycles. The molecule has 0 aromatic rings. The van der Waals surface area contributed by atoms with E-state index in [0.717, 1.165) is 0 Å². The number of amides is 3. The molecule has 7 nitrogen and oxygen atoms in total. The maximum absolute atomic E-state index is 11.2. The summed E-state index contributed by atoms with van der Waals surface area (Å²) in [6.45, 7) is 3.51. The van der Waals surface area contributed by atoms with Gasteiger partial charge in [0.2, 0.25) is 5.91 Å². The van der Waals surface area contributed by atoms with E-state index in [1.165, 1.54) is 0 Å². The average Bonchev–Trinajstić information content (AvgIpc) is 2.24. The Morgan fingerprint density at radius 3 is 2.29 bits per heavy atom. The molecule has 3 amide bonds. The number of nitriles is 1. The van der Waals surface area contributed by atoms with Crippen molar-refractivity contribution in [1.29, 1.82) is 5.26 Å². The third kappa shape index (κ3) is 7.79. The fourth-order valence-corrected chi connectivity index (χ4v) is 0.964. The van der Waals surface area contributed by atoms with E-state index in [1.54, 1.807) is 6.07 Å². The largest absolute Gasteiger partial charge is 0.354 e. The fourth-order valence-electron chi connectivity index (χ4n) is 0.964. The van der Waals surface area contributed by atoms with E-state index in [4.69, 9.17) is 5.26 Å². The highest BCUT2D eigenvalue weighted by atomic mass is 16.2. The molecule has 0 saturated carbocycles. The zero-order valence-corrected chi connectivity index (χ0v) is 9.87. The second kappa shape index (κ2) is 8.10. The normalized spacial score (nSPS) is 9.29. The Kier molecular flexibility index (Phi) is 7.10. The molecule has 0 bridgehead atoms. The van der Waals surface area contributed by atoms with E-state index in [1.807, 2.05) is 13.8 Å². The lowest BCUT2D eigenvalue weighted by Crippen LogP contribution is -2.41. The molecule has 0 aliphatic heterocycles. The van der Waals surface area contributed by atoms with Crippen molar-refractivity contribution in [3.05, 3.63) is 0 Å². The van der Waals surface area contributed by atoms with Gasteiger partial charge in [0.05, 0.1) is 6.07 Å². The van der Waals surface area contributed by atoms with Crippen LogP contribution in [0.2, 0.25) is 0 Å². The Labute approximate surface area is 99.6 Å². The summed E-state index contributed by atoms with van der Waals surface area (Å²) in [7, 11) is 0. The van der Waals surface area contributed by atoms with Crippen molar-refractivity contribution in [2.75, 3.05) is 13.1 Å². The van der Waals surface area contributed by atoms with Gasteiger partial charge in [-0.3, -0.25) is 14.4 Å². The van der Waals surface area contributed by atoms with Gasteiger partial charge in [0.15, 0.2) is 0 Å². The first-order chi connectivity index (χ1) is 7.97. The summed E-state index contributed by atoms with van der Waals surface area (Å²) in [6, 6.07) is 1.71. The van der Waals surface area contributed by atoms with Crippen molar-refractivity contribution in [3.8, 4) is 6.07 Å². The van der Waals surface area contributed by atoms with Crippen LogP contribution in [0, 0.1) is 11.3 Å². The molecule has 0 radical (unpaired) electrons. The molecule has 17 heavy (non-hydrogen) atoms. The molecule has 0 atom stereocenters. The predicted octanol–water partition coefficient (Wildman–Crippen LogP) is -1.34. The molecule has 0 heterocycles. The van der Waals surface area contributed by atoms with Gasteiger partial charge >= 0.3 is 11.8 Å². The highest BCUT2D eigenvalue weighted by Crippen LogP contribution is 1.82. The van der Waals surface area contributed by atoms with Crippen LogP contribution in [-0.2, 0) is 14.4 Å². The van der Waals surface area contributed by atoms with Crippen LogP contribution in [0.1, 0.15) is 20.3 Å². The van der Waals surface area contributed by atoms with E-state index in [0.29, 0.717) is 0 Å². The minimum absolute atomic E-state index is 0.0390. The summed E-state index contributed by atoms with van der Waals surface area (Å²) < 4.78 is 0. The lowest BCUT2D eigenvalue weighted by Gasteiger charge is -2.08. The maximum Gasteiger partial charge on any atom is 0.310 e. The second-order valence-corrected chi connectivity index (χ2v) is 3.57. The first-order valence-corrected chi connectivity index (χ1v) is 5.19. The second-order valence-electron chi connectivity index (χ2n) is 3.57. The Hall–Kier alpha value is -2.10. The van der Waals surface area contributed by atoms with Crippen LogP contribution in [0.3, 0.4) is 0 Å². The molecule has 7 heteroatoms. The third-order valence-corrected chi connectivity index (χ3v) is 1.62. The minimum Gasteiger partial charge on any atom is -0.354 e. The van der Waals surface area contributed by atoms with Crippen molar-refractivity contribution in [3.63, 3.8) is 0 Å². The summed E-state index contributed by atoms with van der Waals surface area (Å²) in [6.07, 6.45) is 0.107. The lowest BCUT2D eigenvalue weighted by molar-refractivity contribution is -0.139. The predicted molar refractivity (Wildman–Crippen MR) is 59.5 cm³/mol. The Bertz CT molecular complexity index is 333.